The first kappa shape index (κ1) is 17.0. The van der Waals surface area contributed by atoms with Crippen LogP contribution in [0.1, 0.15) is 28.2 Å². The fraction of sp³-hybridized carbons (Fsp3) is 0.429. The molecule has 4 heterocycles. The van der Waals surface area contributed by atoms with Gasteiger partial charge in [-0.3, -0.25) is 14.7 Å². The van der Waals surface area contributed by atoms with Gasteiger partial charge in [0, 0.05) is 62.8 Å². The molecule has 26 heavy (non-hydrogen) atoms. The molecule has 3 aliphatic heterocycles. The summed E-state index contributed by atoms with van der Waals surface area (Å²) in [6.07, 6.45) is 1.12. The molecule has 1 aromatic heterocycles. The van der Waals surface area contributed by atoms with Crippen molar-refractivity contribution in [1.29, 1.82) is 0 Å². The Kier molecular flexibility index (Phi) is 4.41. The maximum atomic E-state index is 13.0. The lowest BCUT2D eigenvalue weighted by Crippen LogP contribution is -2.69. The Morgan fingerprint density at radius 3 is 2.58 bits per heavy atom. The molecular formula is C21H26N4O. The number of pyridine rings is 1. The summed E-state index contributed by atoms with van der Waals surface area (Å²) >= 11 is 0. The Bertz CT molecular complexity index is 807. The summed E-state index contributed by atoms with van der Waals surface area (Å²) < 4.78 is 0. The molecule has 2 bridgehead atoms. The minimum atomic E-state index is 0.170. The van der Waals surface area contributed by atoms with Gasteiger partial charge in [-0.05, 0) is 43.7 Å². The third-order valence-electron chi connectivity index (χ3n) is 5.44. The van der Waals surface area contributed by atoms with Crippen molar-refractivity contribution < 1.29 is 4.79 Å². The average Bonchev–Trinajstić information content (AvgIpc) is 2.61. The number of anilines is 1. The Hall–Kier alpha value is -2.40. The number of hydrogen-bond acceptors (Lipinski definition) is 4. The zero-order valence-electron chi connectivity index (χ0n) is 15.7. The van der Waals surface area contributed by atoms with Crippen LogP contribution in [0, 0.1) is 6.92 Å². The highest BCUT2D eigenvalue weighted by atomic mass is 16.2. The SMILES string of the molecule is Cc1cccc(CN2CC3CC(C2)N3C(=O)c2cccc(N(C)C)c2)n1. The molecule has 5 rings (SSSR count). The van der Waals surface area contributed by atoms with Gasteiger partial charge in [-0.1, -0.05) is 12.1 Å². The molecule has 0 spiro atoms. The van der Waals surface area contributed by atoms with E-state index >= 15 is 0 Å². The molecule has 1 aromatic carbocycles. The number of carbonyl (C=O) groups excluding carboxylic acids is 1. The van der Waals surface area contributed by atoms with Crippen molar-refractivity contribution >= 4 is 11.6 Å². The quantitative estimate of drug-likeness (QED) is 0.850. The predicted molar refractivity (Wildman–Crippen MR) is 103 cm³/mol. The van der Waals surface area contributed by atoms with Gasteiger partial charge >= 0.3 is 0 Å². The number of benzene rings is 1. The zero-order valence-corrected chi connectivity index (χ0v) is 15.7. The number of rotatable bonds is 4. The summed E-state index contributed by atoms with van der Waals surface area (Å²) in [6.45, 7) is 4.77. The van der Waals surface area contributed by atoms with Gasteiger partial charge in [0.05, 0.1) is 5.69 Å². The fourth-order valence-corrected chi connectivity index (χ4v) is 4.14. The second-order valence-corrected chi connectivity index (χ2v) is 7.66. The standard InChI is InChI=1S/C21H26N4O/c1-15-6-4-8-17(22-15)12-24-13-19-11-20(14-24)25(19)21(26)16-7-5-9-18(10-16)23(2)3/h4-10,19-20H,11-14H2,1-3H3. The van der Waals surface area contributed by atoms with Crippen molar-refractivity contribution in [1.82, 2.24) is 14.8 Å². The fourth-order valence-electron chi connectivity index (χ4n) is 4.14. The molecule has 2 unspecified atom stereocenters. The summed E-state index contributed by atoms with van der Waals surface area (Å²) in [4.78, 5) is 24.2. The minimum absolute atomic E-state index is 0.170. The van der Waals surface area contributed by atoms with Crippen molar-refractivity contribution in [3.05, 3.63) is 59.4 Å². The van der Waals surface area contributed by atoms with Gasteiger partial charge < -0.3 is 9.80 Å². The number of piperidine rings is 1. The molecule has 1 amide bonds. The molecule has 5 heteroatoms. The molecule has 0 saturated carbocycles. The number of piperazine rings is 1. The summed E-state index contributed by atoms with van der Waals surface area (Å²) in [6, 6.07) is 14.8. The maximum absolute atomic E-state index is 13.0. The summed E-state index contributed by atoms with van der Waals surface area (Å²) in [7, 11) is 4.00. The summed E-state index contributed by atoms with van der Waals surface area (Å²) in [5.41, 5.74) is 4.03. The molecule has 3 saturated heterocycles. The molecule has 136 valence electrons. The van der Waals surface area contributed by atoms with E-state index in [0.29, 0.717) is 12.1 Å². The lowest BCUT2D eigenvalue weighted by molar-refractivity contribution is -0.0503. The van der Waals surface area contributed by atoms with Crippen molar-refractivity contribution in [3.63, 3.8) is 0 Å². The van der Waals surface area contributed by atoms with Gasteiger partial charge in [0.1, 0.15) is 0 Å². The smallest absolute Gasteiger partial charge is 0.254 e. The largest absolute Gasteiger partial charge is 0.378 e. The molecule has 0 radical (unpaired) electrons. The molecule has 3 aliphatic rings. The second-order valence-electron chi connectivity index (χ2n) is 7.66. The van der Waals surface area contributed by atoms with Gasteiger partial charge in [-0.15, -0.1) is 0 Å². The maximum Gasteiger partial charge on any atom is 0.254 e. The third-order valence-corrected chi connectivity index (χ3v) is 5.44. The van der Waals surface area contributed by atoms with Crippen molar-refractivity contribution in [2.24, 2.45) is 0 Å². The van der Waals surface area contributed by atoms with Crippen LogP contribution in [0.2, 0.25) is 0 Å². The molecule has 0 aliphatic carbocycles. The van der Waals surface area contributed by atoms with E-state index < -0.39 is 0 Å². The number of amides is 1. The van der Waals surface area contributed by atoms with Gasteiger partial charge in [0.15, 0.2) is 0 Å². The first-order chi connectivity index (χ1) is 12.5. The van der Waals surface area contributed by atoms with Gasteiger partial charge in [-0.2, -0.15) is 0 Å². The van der Waals surface area contributed by atoms with E-state index in [9.17, 15) is 4.79 Å². The molecule has 3 fully saturated rings. The molecule has 2 aromatic rings. The van der Waals surface area contributed by atoms with Crippen LogP contribution in [0.5, 0.6) is 0 Å². The van der Waals surface area contributed by atoms with Crippen LogP contribution in [0.4, 0.5) is 5.69 Å². The Balaban J connectivity index is 1.42. The van der Waals surface area contributed by atoms with Crippen LogP contribution < -0.4 is 4.90 Å². The van der Waals surface area contributed by atoms with Crippen molar-refractivity contribution in [3.8, 4) is 0 Å². The van der Waals surface area contributed by atoms with E-state index in [1.807, 2.05) is 56.3 Å². The summed E-state index contributed by atoms with van der Waals surface area (Å²) in [5.74, 6) is 0.170. The molecule has 2 atom stereocenters. The Morgan fingerprint density at radius 1 is 1.15 bits per heavy atom. The molecule has 5 nitrogen and oxygen atoms in total. The number of hydrogen-bond donors (Lipinski definition) is 0. The van der Waals surface area contributed by atoms with E-state index in [0.717, 1.165) is 48.7 Å². The van der Waals surface area contributed by atoms with Crippen LogP contribution in [-0.4, -0.2) is 60.0 Å². The predicted octanol–water partition coefficient (Wildman–Crippen LogP) is 2.55. The van der Waals surface area contributed by atoms with Crippen molar-refractivity contribution in [2.45, 2.75) is 32.0 Å². The van der Waals surface area contributed by atoms with Crippen LogP contribution in [-0.2, 0) is 6.54 Å². The molecule has 0 N–H and O–H groups in total. The Labute approximate surface area is 155 Å². The lowest BCUT2D eigenvalue weighted by atomic mass is 9.86. The van der Waals surface area contributed by atoms with E-state index in [1.165, 1.54) is 0 Å². The number of aryl methyl sites for hydroxylation is 1. The van der Waals surface area contributed by atoms with Crippen LogP contribution >= 0.6 is 0 Å². The summed E-state index contributed by atoms with van der Waals surface area (Å²) in [5, 5.41) is 0. The van der Waals surface area contributed by atoms with E-state index in [4.69, 9.17) is 0 Å². The van der Waals surface area contributed by atoms with Crippen LogP contribution in [0.3, 0.4) is 0 Å². The lowest BCUT2D eigenvalue weighted by Gasteiger charge is -2.56. The average molecular weight is 350 g/mol. The number of fused-ring (bicyclic) bond motifs is 2. The minimum Gasteiger partial charge on any atom is -0.378 e. The highest BCUT2D eigenvalue weighted by Crippen LogP contribution is 2.34. The highest BCUT2D eigenvalue weighted by Gasteiger charge is 2.47. The number of carbonyl (C=O) groups is 1. The first-order valence-corrected chi connectivity index (χ1v) is 9.26. The topological polar surface area (TPSA) is 39.7 Å². The number of nitrogens with zero attached hydrogens (tertiary/aromatic N) is 4. The zero-order chi connectivity index (χ0) is 18.3. The first-order valence-electron chi connectivity index (χ1n) is 9.26. The van der Waals surface area contributed by atoms with E-state index in [-0.39, 0.29) is 5.91 Å². The van der Waals surface area contributed by atoms with Crippen molar-refractivity contribution in [2.75, 3.05) is 32.1 Å². The van der Waals surface area contributed by atoms with E-state index in [2.05, 4.69) is 26.9 Å². The number of aromatic nitrogens is 1. The highest BCUT2D eigenvalue weighted by molar-refractivity contribution is 5.96. The third kappa shape index (κ3) is 3.19. The van der Waals surface area contributed by atoms with Crippen LogP contribution in [0.15, 0.2) is 42.5 Å². The Morgan fingerprint density at radius 2 is 1.88 bits per heavy atom. The molecular weight excluding hydrogens is 324 g/mol. The van der Waals surface area contributed by atoms with Gasteiger partial charge in [0.2, 0.25) is 0 Å². The van der Waals surface area contributed by atoms with Gasteiger partial charge in [-0.25, -0.2) is 0 Å². The second kappa shape index (κ2) is 6.72. The monoisotopic (exact) mass is 350 g/mol. The van der Waals surface area contributed by atoms with Gasteiger partial charge in [0.25, 0.3) is 5.91 Å². The normalized spacial score (nSPS) is 22.0. The van der Waals surface area contributed by atoms with E-state index in [1.54, 1.807) is 0 Å². The van der Waals surface area contributed by atoms with Crippen LogP contribution in [0.25, 0.3) is 0 Å².